The fourth-order valence-corrected chi connectivity index (χ4v) is 2.61. The summed E-state index contributed by atoms with van der Waals surface area (Å²) in [6.07, 6.45) is 8.00. The number of hydrogen-bond donors (Lipinski definition) is 1. The van der Waals surface area contributed by atoms with Gasteiger partial charge >= 0.3 is 0 Å². The standard InChI is InChI=1S/C13H20N2O.2ClH/c1-16-11-5-6-12(15-9-11)13(10-14)7-3-2-4-8-13;;/h5-6,9H,2-4,7-8,10,14H2,1H3;2*1H. The Morgan fingerprint density at radius 2 is 1.89 bits per heavy atom. The molecule has 0 aromatic carbocycles. The summed E-state index contributed by atoms with van der Waals surface area (Å²) < 4.78 is 5.13. The van der Waals surface area contributed by atoms with Gasteiger partial charge in [0.1, 0.15) is 5.75 Å². The van der Waals surface area contributed by atoms with Crippen LogP contribution in [-0.4, -0.2) is 18.6 Å². The summed E-state index contributed by atoms with van der Waals surface area (Å²) in [6, 6.07) is 4.05. The molecule has 1 aromatic rings. The van der Waals surface area contributed by atoms with Crippen LogP contribution in [0, 0.1) is 0 Å². The Hall–Kier alpha value is -0.510. The van der Waals surface area contributed by atoms with Gasteiger partial charge in [-0.15, -0.1) is 24.8 Å². The minimum Gasteiger partial charge on any atom is -0.495 e. The lowest BCUT2D eigenvalue weighted by atomic mass is 9.71. The fraction of sp³-hybridized carbons (Fsp3) is 0.615. The summed E-state index contributed by atoms with van der Waals surface area (Å²) in [5, 5.41) is 0. The highest BCUT2D eigenvalue weighted by atomic mass is 35.5. The van der Waals surface area contributed by atoms with E-state index in [-0.39, 0.29) is 30.2 Å². The second-order valence-electron chi connectivity index (χ2n) is 4.63. The van der Waals surface area contributed by atoms with Crippen LogP contribution in [0.2, 0.25) is 0 Å². The SMILES string of the molecule is COc1ccc(C2(CN)CCCCC2)nc1.Cl.Cl. The monoisotopic (exact) mass is 292 g/mol. The molecule has 2 N–H and O–H groups in total. The number of pyridine rings is 1. The van der Waals surface area contributed by atoms with Gasteiger partial charge in [-0.1, -0.05) is 19.3 Å². The van der Waals surface area contributed by atoms with Crippen LogP contribution in [0.5, 0.6) is 5.75 Å². The molecule has 0 saturated heterocycles. The van der Waals surface area contributed by atoms with Gasteiger partial charge in [0.2, 0.25) is 0 Å². The molecule has 5 heteroatoms. The zero-order valence-corrected chi connectivity index (χ0v) is 12.4. The van der Waals surface area contributed by atoms with Crippen molar-refractivity contribution in [1.82, 2.24) is 4.98 Å². The van der Waals surface area contributed by atoms with Crippen LogP contribution in [0.3, 0.4) is 0 Å². The van der Waals surface area contributed by atoms with E-state index in [0.29, 0.717) is 6.54 Å². The lowest BCUT2D eigenvalue weighted by Crippen LogP contribution is -2.37. The predicted molar refractivity (Wildman–Crippen MR) is 79.1 cm³/mol. The summed E-state index contributed by atoms with van der Waals surface area (Å²) in [5.74, 6) is 0.812. The molecule has 1 aromatic heterocycles. The molecule has 1 saturated carbocycles. The molecule has 0 bridgehead atoms. The third-order valence-corrected chi connectivity index (χ3v) is 3.72. The quantitative estimate of drug-likeness (QED) is 0.931. The first-order chi connectivity index (χ1) is 7.80. The van der Waals surface area contributed by atoms with Crippen LogP contribution in [0.15, 0.2) is 18.3 Å². The van der Waals surface area contributed by atoms with Gasteiger partial charge in [0.25, 0.3) is 0 Å². The van der Waals surface area contributed by atoms with Crippen LogP contribution in [0.1, 0.15) is 37.8 Å². The molecule has 0 unspecified atom stereocenters. The van der Waals surface area contributed by atoms with Gasteiger partial charge in [0.05, 0.1) is 13.3 Å². The Bertz CT molecular complexity index is 337. The van der Waals surface area contributed by atoms with E-state index in [1.165, 1.54) is 32.1 Å². The summed E-state index contributed by atoms with van der Waals surface area (Å²) in [7, 11) is 1.66. The number of ether oxygens (including phenoxy) is 1. The first kappa shape index (κ1) is 17.5. The molecule has 1 fully saturated rings. The van der Waals surface area contributed by atoms with Gasteiger partial charge < -0.3 is 10.5 Å². The lowest BCUT2D eigenvalue weighted by molar-refractivity contribution is 0.293. The van der Waals surface area contributed by atoms with E-state index in [1.807, 2.05) is 6.07 Å². The normalized spacial score (nSPS) is 17.2. The molecule has 104 valence electrons. The molecular weight excluding hydrogens is 271 g/mol. The summed E-state index contributed by atoms with van der Waals surface area (Å²) >= 11 is 0. The Labute approximate surface area is 121 Å². The van der Waals surface area contributed by atoms with Crippen molar-refractivity contribution in [2.45, 2.75) is 37.5 Å². The van der Waals surface area contributed by atoms with Crippen molar-refractivity contribution in [3.63, 3.8) is 0 Å². The van der Waals surface area contributed by atoms with Gasteiger partial charge in [0, 0.05) is 17.7 Å². The van der Waals surface area contributed by atoms with Crippen LogP contribution >= 0.6 is 24.8 Å². The van der Waals surface area contributed by atoms with Crippen molar-refractivity contribution >= 4 is 24.8 Å². The molecule has 1 heterocycles. The van der Waals surface area contributed by atoms with E-state index >= 15 is 0 Å². The second-order valence-corrected chi connectivity index (χ2v) is 4.63. The maximum absolute atomic E-state index is 5.97. The Morgan fingerprint density at radius 1 is 1.22 bits per heavy atom. The minimum atomic E-state index is 0. The van der Waals surface area contributed by atoms with E-state index in [0.717, 1.165) is 11.4 Å². The van der Waals surface area contributed by atoms with E-state index in [2.05, 4.69) is 11.1 Å². The Morgan fingerprint density at radius 3 is 2.33 bits per heavy atom. The predicted octanol–water partition coefficient (Wildman–Crippen LogP) is 3.09. The minimum absolute atomic E-state index is 0. The number of methoxy groups -OCH3 is 1. The molecule has 0 aliphatic heterocycles. The molecular formula is C13H22Cl2N2O. The molecule has 3 nitrogen and oxygen atoms in total. The molecule has 18 heavy (non-hydrogen) atoms. The van der Waals surface area contributed by atoms with Crippen LogP contribution in [0.4, 0.5) is 0 Å². The van der Waals surface area contributed by atoms with Crippen LogP contribution in [0.25, 0.3) is 0 Å². The molecule has 0 radical (unpaired) electrons. The summed E-state index contributed by atoms with van der Waals surface area (Å²) in [5.41, 5.74) is 7.22. The molecule has 0 spiro atoms. The van der Waals surface area contributed by atoms with Crippen molar-refractivity contribution in [2.24, 2.45) is 5.73 Å². The lowest BCUT2D eigenvalue weighted by Gasteiger charge is -2.35. The van der Waals surface area contributed by atoms with Crippen molar-refractivity contribution in [3.8, 4) is 5.75 Å². The Balaban J connectivity index is 0.00000144. The largest absolute Gasteiger partial charge is 0.495 e. The average Bonchev–Trinajstić information content (AvgIpc) is 2.39. The number of aromatic nitrogens is 1. The smallest absolute Gasteiger partial charge is 0.137 e. The van der Waals surface area contributed by atoms with E-state index in [9.17, 15) is 0 Å². The number of rotatable bonds is 3. The average molecular weight is 293 g/mol. The topological polar surface area (TPSA) is 48.1 Å². The molecule has 1 aliphatic rings. The number of nitrogens with zero attached hydrogens (tertiary/aromatic N) is 1. The fourth-order valence-electron chi connectivity index (χ4n) is 2.61. The van der Waals surface area contributed by atoms with E-state index in [4.69, 9.17) is 10.5 Å². The highest BCUT2D eigenvalue weighted by Gasteiger charge is 2.33. The molecule has 1 aliphatic carbocycles. The van der Waals surface area contributed by atoms with E-state index < -0.39 is 0 Å². The van der Waals surface area contributed by atoms with Crippen molar-refractivity contribution in [1.29, 1.82) is 0 Å². The maximum atomic E-state index is 5.97. The second kappa shape index (κ2) is 7.82. The van der Waals surface area contributed by atoms with E-state index in [1.54, 1.807) is 13.3 Å². The van der Waals surface area contributed by atoms with Crippen molar-refractivity contribution in [3.05, 3.63) is 24.0 Å². The number of hydrogen-bond acceptors (Lipinski definition) is 3. The third-order valence-electron chi connectivity index (χ3n) is 3.72. The van der Waals surface area contributed by atoms with Gasteiger partial charge in [-0.25, -0.2) is 0 Å². The first-order valence-electron chi connectivity index (χ1n) is 6.01. The van der Waals surface area contributed by atoms with Gasteiger partial charge in [-0.3, -0.25) is 4.98 Å². The highest BCUT2D eigenvalue weighted by Crippen LogP contribution is 2.37. The third kappa shape index (κ3) is 3.50. The zero-order chi connectivity index (χ0) is 11.4. The highest BCUT2D eigenvalue weighted by molar-refractivity contribution is 5.85. The summed E-state index contributed by atoms with van der Waals surface area (Å²) in [4.78, 5) is 4.51. The van der Waals surface area contributed by atoms with Gasteiger partial charge in [-0.05, 0) is 25.0 Å². The van der Waals surface area contributed by atoms with Gasteiger partial charge in [-0.2, -0.15) is 0 Å². The number of nitrogens with two attached hydrogens (primary N) is 1. The number of halogens is 2. The molecule has 2 rings (SSSR count). The Kier molecular flexibility index (Phi) is 7.60. The molecule has 0 atom stereocenters. The molecule has 0 amide bonds. The van der Waals surface area contributed by atoms with Crippen LogP contribution in [-0.2, 0) is 5.41 Å². The van der Waals surface area contributed by atoms with Crippen molar-refractivity contribution < 1.29 is 4.74 Å². The van der Waals surface area contributed by atoms with Crippen LogP contribution < -0.4 is 10.5 Å². The first-order valence-corrected chi connectivity index (χ1v) is 6.01. The van der Waals surface area contributed by atoms with Crippen molar-refractivity contribution in [2.75, 3.05) is 13.7 Å². The summed E-state index contributed by atoms with van der Waals surface area (Å²) in [6.45, 7) is 0.701. The zero-order valence-electron chi connectivity index (χ0n) is 10.7. The maximum Gasteiger partial charge on any atom is 0.137 e. The van der Waals surface area contributed by atoms with Gasteiger partial charge in [0.15, 0.2) is 0 Å².